The van der Waals surface area contributed by atoms with E-state index in [9.17, 15) is 14.0 Å². The molecular weight excluding hydrogens is 329 g/mol. The number of halogens is 1. The summed E-state index contributed by atoms with van der Waals surface area (Å²) in [6.45, 7) is 0. The highest BCUT2D eigenvalue weighted by Crippen LogP contribution is 2.24. The SMILES string of the molecule is O=C(c1cccc(F)c1)c1c(-c2ccccc2)[nH]c2ccccc2c1=O. The summed E-state index contributed by atoms with van der Waals surface area (Å²) in [6, 6.07) is 21.6. The first-order chi connectivity index (χ1) is 12.6. The molecule has 0 spiro atoms. The Kier molecular flexibility index (Phi) is 3.93. The summed E-state index contributed by atoms with van der Waals surface area (Å²) in [5, 5.41) is 0.423. The van der Waals surface area contributed by atoms with Gasteiger partial charge in [-0.3, -0.25) is 9.59 Å². The van der Waals surface area contributed by atoms with E-state index >= 15 is 0 Å². The van der Waals surface area contributed by atoms with Crippen LogP contribution >= 0.6 is 0 Å². The van der Waals surface area contributed by atoms with E-state index < -0.39 is 11.6 Å². The summed E-state index contributed by atoms with van der Waals surface area (Å²) in [6.07, 6.45) is 0. The third kappa shape index (κ3) is 2.71. The van der Waals surface area contributed by atoms with Crippen molar-refractivity contribution >= 4 is 16.7 Å². The van der Waals surface area contributed by atoms with Crippen molar-refractivity contribution in [2.45, 2.75) is 0 Å². The third-order valence-electron chi connectivity index (χ3n) is 4.28. The number of hydrogen-bond acceptors (Lipinski definition) is 2. The highest BCUT2D eigenvalue weighted by atomic mass is 19.1. The van der Waals surface area contributed by atoms with Gasteiger partial charge in [-0.2, -0.15) is 0 Å². The van der Waals surface area contributed by atoms with Gasteiger partial charge in [0.2, 0.25) is 5.43 Å². The summed E-state index contributed by atoms with van der Waals surface area (Å²) < 4.78 is 13.6. The fraction of sp³-hybridized carbons (Fsp3) is 0. The predicted octanol–water partition coefficient (Wildman–Crippen LogP) is 4.57. The Morgan fingerprint density at radius 3 is 2.35 bits per heavy atom. The Morgan fingerprint density at radius 1 is 0.846 bits per heavy atom. The summed E-state index contributed by atoms with van der Waals surface area (Å²) in [7, 11) is 0. The molecule has 0 bridgehead atoms. The van der Waals surface area contributed by atoms with E-state index in [-0.39, 0.29) is 16.6 Å². The van der Waals surface area contributed by atoms with Crippen molar-refractivity contribution in [3.05, 3.63) is 106 Å². The first kappa shape index (κ1) is 16.0. The van der Waals surface area contributed by atoms with Crippen LogP contribution in [0.25, 0.3) is 22.2 Å². The molecule has 0 aliphatic carbocycles. The van der Waals surface area contributed by atoms with Crippen molar-refractivity contribution < 1.29 is 9.18 Å². The molecule has 0 unspecified atom stereocenters. The number of aromatic nitrogens is 1. The lowest BCUT2D eigenvalue weighted by atomic mass is 9.96. The van der Waals surface area contributed by atoms with E-state index in [0.717, 1.165) is 11.6 Å². The summed E-state index contributed by atoms with van der Waals surface area (Å²) in [4.78, 5) is 29.4. The van der Waals surface area contributed by atoms with E-state index in [4.69, 9.17) is 0 Å². The monoisotopic (exact) mass is 343 g/mol. The van der Waals surface area contributed by atoms with Gasteiger partial charge in [0.05, 0.1) is 11.3 Å². The Morgan fingerprint density at radius 2 is 1.58 bits per heavy atom. The van der Waals surface area contributed by atoms with Gasteiger partial charge in [0.15, 0.2) is 5.78 Å². The molecule has 0 fully saturated rings. The number of H-pyrrole nitrogens is 1. The van der Waals surface area contributed by atoms with Gasteiger partial charge in [0.25, 0.3) is 0 Å². The minimum absolute atomic E-state index is 0.0144. The lowest BCUT2D eigenvalue weighted by Crippen LogP contribution is -2.19. The maximum absolute atomic E-state index is 13.6. The van der Waals surface area contributed by atoms with Gasteiger partial charge in [-0.25, -0.2) is 4.39 Å². The van der Waals surface area contributed by atoms with Crippen LogP contribution < -0.4 is 5.43 Å². The molecule has 4 rings (SSSR count). The minimum Gasteiger partial charge on any atom is -0.354 e. The predicted molar refractivity (Wildman–Crippen MR) is 99.8 cm³/mol. The van der Waals surface area contributed by atoms with E-state index in [1.54, 1.807) is 18.2 Å². The van der Waals surface area contributed by atoms with Crippen molar-refractivity contribution in [1.82, 2.24) is 4.98 Å². The molecular formula is C22H14FNO2. The second kappa shape index (κ2) is 6.41. The molecule has 1 aromatic heterocycles. The molecule has 0 amide bonds. The van der Waals surface area contributed by atoms with Crippen molar-refractivity contribution in [1.29, 1.82) is 0 Å². The van der Waals surface area contributed by atoms with Crippen molar-refractivity contribution in [2.24, 2.45) is 0 Å². The summed E-state index contributed by atoms with van der Waals surface area (Å²) >= 11 is 0. The number of hydrogen-bond donors (Lipinski definition) is 1. The number of carbonyl (C=O) groups excluding carboxylic acids is 1. The normalized spacial score (nSPS) is 10.8. The van der Waals surface area contributed by atoms with Crippen LogP contribution in [0.4, 0.5) is 4.39 Å². The fourth-order valence-corrected chi connectivity index (χ4v) is 3.05. The van der Waals surface area contributed by atoms with Gasteiger partial charge >= 0.3 is 0 Å². The number of nitrogens with one attached hydrogen (secondary N) is 1. The lowest BCUT2D eigenvalue weighted by molar-refractivity contribution is 0.103. The van der Waals surface area contributed by atoms with Gasteiger partial charge in [0.1, 0.15) is 5.82 Å². The Balaban J connectivity index is 2.05. The molecule has 4 aromatic rings. The molecule has 26 heavy (non-hydrogen) atoms. The quantitative estimate of drug-likeness (QED) is 0.554. The molecule has 0 aliphatic heterocycles. The minimum atomic E-state index is -0.519. The van der Waals surface area contributed by atoms with Crippen molar-refractivity contribution in [2.75, 3.05) is 0 Å². The number of fused-ring (bicyclic) bond motifs is 1. The highest BCUT2D eigenvalue weighted by molar-refractivity contribution is 6.13. The fourth-order valence-electron chi connectivity index (χ4n) is 3.05. The van der Waals surface area contributed by atoms with Crippen LogP contribution in [0.5, 0.6) is 0 Å². The zero-order chi connectivity index (χ0) is 18.1. The molecule has 3 nitrogen and oxygen atoms in total. The summed E-state index contributed by atoms with van der Waals surface area (Å²) in [5.41, 5.74) is 1.58. The third-order valence-corrected chi connectivity index (χ3v) is 4.28. The average Bonchev–Trinajstić information content (AvgIpc) is 2.68. The Labute approximate surface area is 148 Å². The van der Waals surface area contributed by atoms with E-state index in [0.29, 0.717) is 16.6 Å². The average molecular weight is 343 g/mol. The number of carbonyl (C=O) groups is 1. The number of ketones is 1. The standard InChI is InChI=1S/C22H14FNO2/c23-16-10-6-9-15(13-16)21(25)19-20(14-7-2-1-3-8-14)24-18-12-5-4-11-17(18)22(19)26/h1-13H,(H,24,26). The summed E-state index contributed by atoms with van der Waals surface area (Å²) in [5.74, 6) is -1.02. The van der Waals surface area contributed by atoms with Gasteiger partial charge in [0, 0.05) is 16.5 Å². The number of aromatic amines is 1. The zero-order valence-electron chi connectivity index (χ0n) is 13.7. The highest BCUT2D eigenvalue weighted by Gasteiger charge is 2.21. The second-order valence-electron chi connectivity index (χ2n) is 5.96. The van der Waals surface area contributed by atoms with Crippen LogP contribution in [0.3, 0.4) is 0 Å². The molecule has 0 saturated heterocycles. The molecule has 3 aromatic carbocycles. The number of pyridine rings is 1. The van der Waals surface area contributed by atoms with Gasteiger partial charge in [-0.1, -0.05) is 54.6 Å². The molecule has 126 valence electrons. The molecule has 1 N–H and O–H groups in total. The maximum atomic E-state index is 13.6. The van der Waals surface area contributed by atoms with Gasteiger partial charge in [-0.15, -0.1) is 0 Å². The van der Waals surface area contributed by atoms with Gasteiger partial charge < -0.3 is 4.98 Å². The van der Waals surface area contributed by atoms with E-state index in [2.05, 4.69) is 4.98 Å². The Hall–Kier alpha value is -3.53. The van der Waals surface area contributed by atoms with Crippen LogP contribution in [0.15, 0.2) is 83.7 Å². The second-order valence-corrected chi connectivity index (χ2v) is 5.96. The molecule has 4 heteroatoms. The van der Waals surface area contributed by atoms with E-state index in [1.165, 1.54) is 18.2 Å². The first-order valence-electron chi connectivity index (χ1n) is 8.16. The lowest BCUT2D eigenvalue weighted by Gasteiger charge is -2.11. The maximum Gasteiger partial charge on any atom is 0.201 e. The van der Waals surface area contributed by atoms with Crippen LogP contribution in [0.2, 0.25) is 0 Å². The molecule has 0 radical (unpaired) electrons. The number of benzene rings is 3. The largest absolute Gasteiger partial charge is 0.354 e. The molecule has 0 saturated carbocycles. The van der Waals surface area contributed by atoms with Crippen LogP contribution in [0, 0.1) is 5.82 Å². The molecule has 0 atom stereocenters. The van der Waals surface area contributed by atoms with Crippen LogP contribution in [0.1, 0.15) is 15.9 Å². The van der Waals surface area contributed by atoms with Gasteiger partial charge in [-0.05, 0) is 29.8 Å². The van der Waals surface area contributed by atoms with E-state index in [1.807, 2.05) is 36.4 Å². The van der Waals surface area contributed by atoms with Crippen molar-refractivity contribution in [3.63, 3.8) is 0 Å². The van der Waals surface area contributed by atoms with Crippen LogP contribution in [-0.4, -0.2) is 10.8 Å². The molecule has 0 aliphatic rings. The zero-order valence-corrected chi connectivity index (χ0v) is 13.7. The number of para-hydroxylation sites is 1. The molecule has 1 heterocycles. The topological polar surface area (TPSA) is 49.9 Å². The van der Waals surface area contributed by atoms with Crippen molar-refractivity contribution in [3.8, 4) is 11.3 Å². The number of rotatable bonds is 3. The smallest absolute Gasteiger partial charge is 0.201 e. The first-order valence-corrected chi connectivity index (χ1v) is 8.16. The Bertz CT molecular complexity index is 1180. The van der Waals surface area contributed by atoms with Crippen LogP contribution in [-0.2, 0) is 0 Å².